The van der Waals surface area contributed by atoms with Gasteiger partial charge >= 0.3 is 5.63 Å². The van der Waals surface area contributed by atoms with Gasteiger partial charge in [0.25, 0.3) is 0 Å². The monoisotopic (exact) mass is 366 g/mol. The average Bonchev–Trinajstić information content (AvgIpc) is 3.33. The molecular formula is C20H14O7. The number of hydrogen-bond donors (Lipinski definition) is 0. The van der Waals surface area contributed by atoms with Crippen molar-refractivity contribution in [1.29, 1.82) is 0 Å². The van der Waals surface area contributed by atoms with Crippen LogP contribution in [0.4, 0.5) is 0 Å². The van der Waals surface area contributed by atoms with Crippen LogP contribution < -0.4 is 24.6 Å². The Bertz CT molecular complexity index is 1250. The minimum atomic E-state index is -0.524. The van der Waals surface area contributed by atoms with Crippen molar-refractivity contribution in [3.05, 3.63) is 47.0 Å². The van der Waals surface area contributed by atoms with Gasteiger partial charge in [0.15, 0.2) is 22.7 Å². The van der Waals surface area contributed by atoms with E-state index in [0.29, 0.717) is 50.7 Å². The molecule has 4 aromatic rings. The molecule has 0 bridgehead atoms. The van der Waals surface area contributed by atoms with E-state index >= 15 is 0 Å². The molecule has 0 aliphatic carbocycles. The van der Waals surface area contributed by atoms with Gasteiger partial charge in [-0.3, -0.25) is 0 Å². The van der Waals surface area contributed by atoms with Gasteiger partial charge in [0.05, 0.1) is 26.0 Å². The van der Waals surface area contributed by atoms with Gasteiger partial charge in [-0.1, -0.05) is 0 Å². The molecule has 1 aliphatic heterocycles. The Morgan fingerprint density at radius 1 is 0.889 bits per heavy atom. The highest BCUT2D eigenvalue weighted by Crippen LogP contribution is 2.43. The number of hydrogen-bond acceptors (Lipinski definition) is 7. The molecule has 27 heavy (non-hydrogen) atoms. The number of methoxy groups -OCH3 is 2. The zero-order chi connectivity index (χ0) is 18.5. The molecule has 5 rings (SSSR count). The van der Waals surface area contributed by atoms with E-state index in [-0.39, 0.29) is 6.79 Å². The number of furan rings is 1. The summed E-state index contributed by atoms with van der Waals surface area (Å²) in [5.41, 5.74) is 1.24. The van der Waals surface area contributed by atoms with Crippen LogP contribution in [0.15, 0.2) is 50.2 Å². The molecule has 0 radical (unpaired) electrons. The standard InChI is InChI=1S/C20H14O7/c1-22-14-8-16-15(25-9-26-16)7-12(14)13-6-11-5-10-3-4-24-17(10)19(23-2)18(11)27-20(13)21/h3-8H,9H2,1-2H3. The van der Waals surface area contributed by atoms with Crippen LogP contribution in [0.25, 0.3) is 33.1 Å². The summed E-state index contributed by atoms with van der Waals surface area (Å²) in [5.74, 6) is 1.99. The molecule has 2 aromatic heterocycles. The minimum absolute atomic E-state index is 0.129. The summed E-state index contributed by atoms with van der Waals surface area (Å²) in [7, 11) is 3.03. The van der Waals surface area contributed by atoms with Gasteiger partial charge < -0.3 is 27.8 Å². The third-order valence-corrected chi connectivity index (χ3v) is 4.58. The predicted octanol–water partition coefficient (Wildman–Crippen LogP) is 3.95. The van der Waals surface area contributed by atoms with E-state index in [4.69, 9.17) is 27.8 Å². The van der Waals surface area contributed by atoms with E-state index in [0.717, 1.165) is 5.39 Å². The molecule has 0 saturated carbocycles. The Hall–Kier alpha value is -3.61. The molecule has 136 valence electrons. The van der Waals surface area contributed by atoms with E-state index in [1.54, 1.807) is 24.5 Å². The van der Waals surface area contributed by atoms with Gasteiger partial charge in [-0.2, -0.15) is 0 Å². The molecule has 1 aliphatic rings. The first-order valence-electron chi connectivity index (χ1n) is 8.19. The number of benzene rings is 2. The summed E-state index contributed by atoms with van der Waals surface area (Å²) in [5, 5.41) is 1.55. The molecule has 0 atom stereocenters. The average molecular weight is 366 g/mol. The first kappa shape index (κ1) is 15.6. The molecule has 7 heteroatoms. The Morgan fingerprint density at radius 3 is 2.48 bits per heavy atom. The van der Waals surface area contributed by atoms with E-state index in [1.807, 2.05) is 12.1 Å². The third kappa shape index (κ3) is 2.25. The smallest absolute Gasteiger partial charge is 0.344 e. The second kappa shape index (κ2) is 5.70. The zero-order valence-corrected chi connectivity index (χ0v) is 14.5. The highest BCUT2D eigenvalue weighted by atomic mass is 16.7. The van der Waals surface area contributed by atoms with Gasteiger partial charge in [0.1, 0.15) is 5.75 Å². The van der Waals surface area contributed by atoms with Crippen molar-refractivity contribution in [3.63, 3.8) is 0 Å². The van der Waals surface area contributed by atoms with Crippen molar-refractivity contribution in [2.24, 2.45) is 0 Å². The molecule has 7 nitrogen and oxygen atoms in total. The molecule has 0 fully saturated rings. The lowest BCUT2D eigenvalue weighted by atomic mass is 10.0. The largest absolute Gasteiger partial charge is 0.496 e. The molecule has 0 N–H and O–H groups in total. The van der Waals surface area contributed by atoms with Crippen molar-refractivity contribution in [3.8, 4) is 34.1 Å². The van der Waals surface area contributed by atoms with E-state index < -0.39 is 5.63 Å². The number of ether oxygens (including phenoxy) is 4. The molecule has 0 amide bonds. The van der Waals surface area contributed by atoms with Crippen molar-refractivity contribution < 1.29 is 27.8 Å². The summed E-state index contributed by atoms with van der Waals surface area (Å²) in [6.07, 6.45) is 1.56. The van der Waals surface area contributed by atoms with Crippen LogP contribution in [0.2, 0.25) is 0 Å². The lowest BCUT2D eigenvalue weighted by molar-refractivity contribution is 0.174. The Kier molecular flexibility index (Phi) is 3.30. The van der Waals surface area contributed by atoms with Crippen LogP contribution in [0.3, 0.4) is 0 Å². The summed E-state index contributed by atoms with van der Waals surface area (Å²) in [4.78, 5) is 12.8. The van der Waals surface area contributed by atoms with Crippen molar-refractivity contribution in [1.82, 2.24) is 0 Å². The van der Waals surface area contributed by atoms with Crippen molar-refractivity contribution in [2.75, 3.05) is 21.0 Å². The van der Waals surface area contributed by atoms with Gasteiger partial charge in [-0.25, -0.2) is 4.79 Å². The van der Waals surface area contributed by atoms with Crippen LogP contribution in [0.1, 0.15) is 0 Å². The highest BCUT2D eigenvalue weighted by molar-refractivity contribution is 6.01. The van der Waals surface area contributed by atoms with Crippen LogP contribution in [0.5, 0.6) is 23.0 Å². The Balaban J connectivity index is 1.81. The quantitative estimate of drug-likeness (QED) is 0.508. The first-order valence-corrected chi connectivity index (χ1v) is 8.19. The van der Waals surface area contributed by atoms with Gasteiger partial charge in [0, 0.05) is 22.4 Å². The fourth-order valence-corrected chi connectivity index (χ4v) is 3.34. The third-order valence-electron chi connectivity index (χ3n) is 4.58. The molecule has 3 heterocycles. The summed E-state index contributed by atoms with van der Waals surface area (Å²) in [6.45, 7) is 0.129. The van der Waals surface area contributed by atoms with E-state index in [2.05, 4.69) is 0 Å². The second-order valence-corrected chi connectivity index (χ2v) is 6.02. The second-order valence-electron chi connectivity index (χ2n) is 6.02. The zero-order valence-electron chi connectivity index (χ0n) is 14.5. The molecule has 0 saturated heterocycles. The predicted molar refractivity (Wildman–Crippen MR) is 96.9 cm³/mol. The lowest BCUT2D eigenvalue weighted by Crippen LogP contribution is -2.04. The van der Waals surface area contributed by atoms with Crippen molar-refractivity contribution >= 4 is 21.9 Å². The fourth-order valence-electron chi connectivity index (χ4n) is 3.34. The molecule has 0 unspecified atom stereocenters. The Labute approximate surface area is 152 Å². The summed E-state index contributed by atoms with van der Waals surface area (Å²) in [6, 6.07) is 8.86. The van der Waals surface area contributed by atoms with Crippen molar-refractivity contribution in [2.45, 2.75) is 0 Å². The SMILES string of the molecule is COc1cc2c(cc1-c1cc3cc4ccoc4c(OC)c3oc1=O)OCO2. The number of rotatable bonds is 3. The number of fused-ring (bicyclic) bond motifs is 3. The van der Waals surface area contributed by atoms with Crippen LogP contribution in [-0.2, 0) is 0 Å². The fraction of sp³-hybridized carbons (Fsp3) is 0.150. The molecule has 2 aromatic carbocycles. The van der Waals surface area contributed by atoms with Gasteiger partial charge in [-0.15, -0.1) is 0 Å². The minimum Gasteiger partial charge on any atom is -0.496 e. The highest BCUT2D eigenvalue weighted by Gasteiger charge is 2.22. The summed E-state index contributed by atoms with van der Waals surface area (Å²) >= 11 is 0. The maximum atomic E-state index is 12.8. The van der Waals surface area contributed by atoms with Gasteiger partial charge in [-0.05, 0) is 24.3 Å². The lowest BCUT2D eigenvalue weighted by Gasteiger charge is -2.11. The van der Waals surface area contributed by atoms with Crippen LogP contribution >= 0.6 is 0 Å². The first-order chi connectivity index (χ1) is 13.2. The molecular weight excluding hydrogens is 352 g/mol. The maximum absolute atomic E-state index is 12.8. The normalized spacial score (nSPS) is 12.7. The van der Waals surface area contributed by atoms with E-state index in [9.17, 15) is 4.79 Å². The topological polar surface area (TPSA) is 80.3 Å². The Morgan fingerprint density at radius 2 is 1.70 bits per heavy atom. The van der Waals surface area contributed by atoms with Gasteiger partial charge in [0.2, 0.25) is 12.5 Å². The maximum Gasteiger partial charge on any atom is 0.344 e. The van der Waals surface area contributed by atoms with E-state index in [1.165, 1.54) is 14.2 Å². The van der Waals surface area contributed by atoms with Crippen LogP contribution in [0, 0.1) is 0 Å². The van der Waals surface area contributed by atoms with Crippen LogP contribution in [-0.4, -0.2) is 21.0 Å². The summed E-state index contributed by atoms with van der Waals surface area (Å²) < 4.78 is 32.7. The molecule has 0 spiro atoms.